The van der Waals surface area contributed by atoms with E-state index in [-0.39, 0.29) is 65.7 Å². The molecule has 10 nitrogen and oxygen atoms in total. The molecular formula is C39H60N2O8S. The molecule has 0 spiro atoms. The van der Waals surface area contributed by atoms with Gasteiger partial charge < -0.3 is 30.0 Å². The van der Waals surface area contributed by atoms with Crippen molar-refractivity contribution in [3.63, 3.8) is 0 Å². The molecule has 0 saturated heterocycles. The number of rotatable bonds is 13. The quantitative estimate of drug-likeness (QED) is 0.125. The molecule has 50 heavy (non-hydrogen) atoms. The molecule has 0 heterocycles. The first kappa shape index (κ1) is 40.1. The molecule has 3 fully saturated rings. The number of amides is 2. The highest BCUT2D eigenvalue weighted by molar-refractivity contribution is 8.00. The summed E-state index contributed by atoms with van der Waals surface area (Å²) < 4.78 is 17.8. The van der Waals surface area contributed by atoms with Crippen LogP contribution in [-0.2, 0) is 35.0 Å². The molecule has 8 atom stereocenters. The molecule has 2 bridgehead atoms. The number of carbonyl (C=O) groups is 4. The highest BCUT2D eigenvalue weighted by atomic mass is 32.2. The number of methoxy groups -OCH3 is 1. The number of Topliss-reactive ketones (excluding diaryl/α,β-unsaturated/α-hetero) is 1. The lowest BCUT2D eigenvalue weighted by Crippen LogP contribution is -2.63. The lowest BCUT2D eigenvalue weighted by atomic mass is 9.43. The molecule has 3 N–H and O–H groups in total. The van der Waals surface area contributed by atoms with Gasteiger partial charge >= 0.3 is 12.1 Å². The number of hydrogen-bond acceptors (Lipinski definition) is 9. The molecule has 1 aromatic rings. The van der Waals surface area contributed by atoms with Gasteiger partial charge in [-0.15, -0.1) is 11.8 Å². The maximum atomic E-state index is 14.3. The number of ether oxygens (including phenoxy) is 3. The summed E-state index contributed by atoms with van der Waals surface area (Å²) in [5.41, 5.74) is -1.11. The van der Waals surface area contributed by atoms with E-state index in [1.54, 1.807) is 27.9 Å². The summed E-state index contributed by atoms with van der Waals surface area (Å²) in [5.74, 6) is 0.0369. The van der Waals surface area contributed by atoms with Crippen molar-refractivity contribution in [2.75, 3.05) is 32.6 Å². The number of alkyl carbamates (subject to hydrolysis) is 1. The van der Waals surface area contributed by atoms with Gasteiger partial charge in [-0.3, -0.25) is 14.4 Å². The van der Waals surface area contributed by atoms with E-state index in [1.807, 2.05) is 31.2 Å². The van der Waals surface area contributed by atoms with Crippen LogP contribution < -0.4 is 10.6 Å². The summed E-state index contributed by atoms with van der Waals surface area (Å²) in [6.45, 7) is 14.7. The Labute approximate surface area is 302 Å². The van der Waals surface area contributed by atoms with Gasteiger partial charge in [0.1, 0.15) is 17.5 Å². The maximum Gasteiger partial charge on any atom is 0.407 e. The Morgan fingerprint density at radius 2 is 1.68 bits per heavy atom. The Morgan fingerprint density at radius 3 is 2.32 bits per heavy atom. The highest BCUT2D eigenvalue weighted by Crippen LogP contribution is 2.68. The first-order chi connectivity index (χ1) is 23.5. The maximum absolute atomic E-state index is 14.3. The van der Waals surface area contributed by atoms with Crippen molar-refractivity contribution in [2.45, 2.75) is 123 Å². The number of aliphatic hydroxyl groups excluding tert-OH is 1. The smallest absolute Gasteiger partial charge is 0.407 e. The van der Waals surface area contributed by atoms with Crippen LogP contribution >= 0.6 is 11.8 Å². The van der Waals surface area contributed by atoms with Gasteiger partial charge in [-0.25, -0.2) is 4.79 Å². The van der Waals surface area contributed by atoms with Crippen LogP contribution in [0.15, 0.2) is 29.2 Å². The minimum Gasteiger partial charge on any atom is -0.461 e. The molecule has 1 aromatic carbocycles. The van der Waals surface area contributed by atoms with Crippen molar-refractivity contribution in [1.82, 2.24) is 10.6 Å². The standard InChI is InChI=1S/C39H60N2O8S/c1-25-14-16-39-17-15-29(47-8)33(39)38(25,7)30(23-37(6,18-21-42)34(45)26(39)2)48-32(44)24-50-28-12-10-27(11-13-28)22-31(43)40-19-9-20-41-35(46)49-36(3,4)5/h10-13,25-26,29-30,33,42H,9,14-24H2,1-8H3,(H,40,43)(H,41,46)/t25-,26+,29-,30-,33+,37+,38+,39+/m1/s1. The van der Waals surface area contributed by atoms with E-state index in [2.05, 4.69) is 31.4 Å². The van der Waals surface area contributed by atoms with Gasteiger partial charge in [-0.2, -0.15) is 0 Å². The van der Waals surface area contributed by atoms with Gasteiger partial charge in [0, 0.05) is 54.4 Å². The fourth-order valence-corrected chi connectivity index (χ4v) is 9.92. The van der Waals surface area contributed by atoms with Gasteiger partial charge in [0.25, 0.3) is 0 Å². The normalized spacial score (nSPS) is 32.3. The second-order valence-corrected chi connectivity index (χ2v) is 17.4. The summed E-state index contributed by atoms with van der Waals surface area (Å²) in [6, 6.07) is 7.57. The summed E-state index contributed by atoms with van der Waals surface area (Å²) in [4.78, 5) is 53.0. The van der Waals surface area contributed by atoms with Crippen LogP contribution in [0.5, 0.6) is 0 Å². The van der Waals surface area contributed by atoms with E-state index in [9.17, 15) is 24.3 Å². The van der Waals surface area contributed by atoms with Crippen molar-refractivity contribution in [2.24, 2.45) is 34.0 Å². The number of ketones is 1. The Bertz CT molecular complexity index is 1360. The lowest BCUT2D eigenvalue weighted by molar-refractivity contribution is -0.206. The second kappa shape index (κ2) is 16.4. The SMILES string of the molecule is CO[C@@H]1CC[C@]23CC[C@@H](C)[C@](C)([C@H]12)[C@H](OC(=O)CSc1ccc(CC(=O)NCCCNC(=O)OC(C)(C)C)cc1)C[C@](C)(CCO)C(=O)[C@@H]3C. The largest absolute Gasteiger partial charge is 0.461 e. The molecule has 3 aliphatic rings. The molecule has 2 amide bonds. The Kier molecular flexibility index (Phi) is 13.1. The molecule has 0 unspecified atom stereocenters. The van der Waals surface area contributed by atoms with Crippen molar-refractivity contribution in [1.29, 1.82) is 0 Å². The van der Waals surface area contributed by atoms with Crippen molar-refractivity contribution >= 4 is 35.5 Å². The van der Waals surface area contributed by atoms with Gasteiger partial charge in [-0.05, 0) is 94.7 Å². The van der Waals surface area contributed by atoms with Gasteiger partial charge in [0.2, 0.25) is 5.91 Å². The zero-order valence-electron chi connectivity index (χ0n) is 31.4. The fourth-order valence-electron chi connectivity index (χ4n) is 9.24. The van der Waals surface area contributed by atoms with Gasteiger partial charge in [-0.1, -0.05) is 39.8 Å². The van der Waals surface area contributed by atoms with E-state index >= 15 is 0 Å². The summed E-state index contributed by atoms with van der Waals surface area (Å²) >= 11 is 1.38. The fraction of sp³-hybridized carbons (Fsp3) is 0.744. The first-order valence-corrected chi connectivity index (χ1v) is 19.3. The van der Waals surface area contributed by atoms with E-state index in [0.29, 0.717) is 32.4 Å². The first-order valence-electron chi connectivity index (χ1n) is 18.3. The topological polar surface area (TPSA) is 140 Å². The average Bonchev–Trinajstić information content (AvgIpc) is 3.45. The monoisotopic (exact) mass is 716 g/mol. The lowest BCUT2D eigenvalue weighted by Gasteiger charge is -2.62. The molecule has 3 saturated carbocycles. The van der Waals surface area contributed by atoms with Gasteiger partial charge in [0.15, 0.2) is 0 Å². The third-order valence-corrected chi connectivity index (χ3v) is 13.1. The van der Waals surface area contributed by atoms with Crippen LogP contribution in [0, 0.1) is 34.0 Å². The molecule has 0 radical (unpaired) electrons. The van der Waals surface area contributed by atoms with E-state index in [4.69, 9.17) is 14.2 Å². The number of aliphatic hydroxyl groups is 1. The minimum atomic E-state index is -0.799. The number of thioether (sulfide) groups is 1. The summed E-state index contributed by atoms with van der Waals surface area (Å²) in [6.07, 6.45) is 4.29. The number of hydrogen-bond donors (Lipinski definition) is 3. The predicted molar refractivity (Wildman–Crippen MR) is 194 cm³/mol. The molecular weight excluding hydrogens is 657 g/mol. The zero-order valence-corrected chi connectivity index (χ0v) is 32.2. The predicted octanol–water partition coefficient (Wildman–Crippen LogP) is 6.11. The third-order valence-electron chi connectivity index (χ3n) is 12.1. The van der Waals surface area contributed by atoms with Crippen molar-refractivity contribution in [3.8, 4) is 0 Å². The zero-order chi connectivity index (χ0) is 36.9. The number of benzene rings is 1. The van der Waals surface area contributed by atoms with Crippen molar-refractivity contribution in [3.05, 3.63) is 29.8 Å². The molecule has 3 aliphatic carbocycles. The van der Waals surface area contributed by atoms with Crippen LogP contribution in [0.25, 0.3) is 0 Å². The minimum absolute atomic E-state index is 0.00228. The Balaban J connectivity index is 1.36. The van der Waals surface area contributed by atoms with Crippen LogP contribution in [0.3, 0.4) is 0 Å². The molecule has 0 aromatic heterocycles. The summed E-state index contributed by atoms with van der Waals surface area (Å²) in [7, 11) is 1.76. The van der Waals surface area contributed by atoms with Crippen molar-refractivity contribution < 1.29 is 38.5 Å². The Hall–Kier alpha value is -2.63. The molecule has 280 valence electrons. The average molecular weight is 717 g/mol. The number of esters is 1. The van der Waals surface area contributed by atoms with Crippen LogP contribution in [0.1, 0.15) is 99.0 Å². The third kappa shape index (κ3) is 8.87. The van der Waals surface area contributed by atoms with E-state index in [1.165, 1.54) is 11.8 Å². The van der Waals surface area contributed by atoms with Crippen LogP contribution in [0.2, 0.25) is 0 Å². The number of carbonyl (C=O) groups excluding carboxylic acids is 4. The molecule has 4 rings (SSSR count). The molecule has 11 heteroatoms. The van der Waals surface area contributed by atoms with E-state index < -0.39 is 28.6 Å². The summed E-state index contributed by atoms with van der Waals surface area (Å²) in [5, 5.41) is 15.6. The van der Waals surface area contributed by atoms with Gasteiger partial charge in [0.05, 0.1) is 18.3 Å². The highest BCUT2D eigenvalue weighted by Gasteiger charge is 2.68. The van der Waals surface area contributed by atoms with Crippen LogP contribution in [0.4, 0.5) is 4.79 Å². The second-order valence-electron chi connectivity index (χ2n) is 16.4. The Morgan fingerprint density at radius 1 is 1.02 bits per heavy atom. The number of nitrogens with one attached hydrogen (secondary N) is 2. The molecule has 0 aliphatic heterocycles. The van der Waals surface area contributed by atoms with Crippen LogP contribution in [-0.4, -0.2) is 79.2 Å². The van der Waals surface area contributed by atoms with E-state index in [0.717, 1.165) is 36.1 Å².